The predicted octanol–water partition coefficient (Wildman–Crippen LogP) is 3.59. The van der Waals surface area contributed by atoms with E-state index in [2.05, 4.69) is 10.6 Å². The summed E-state index contributed by atoms with van der Waals surface area (Å²) >= 11 is 5.79. The second kappa shape index (κ2) is 6.75. The van der Waals surface area contributed by atoms with Crippen LogP contribution in [-0.2, 0) is 0 Å². The minimum Gasteiger partial charge on any atom is -0.478 e. The molecular weight excluding hydrogens is 326 g/mol. The second-order valence-electron chi connectivity index (χ2n) is 4.38. The Balaban J connectivity index is 2.20. The number of carboxylic acid groups (broad SMARTS) is 1. The topological polar surface area (TPSA) is 122 Å². The molecule has 0 saturated heterocycles. The summed E-state index contributed by atoms with van der Waals surface area (Å²) in [5, 5.41) is 25.0. The van der Waals surface area contributed by atoms with Crippen LogP contribution in [0.3, 0.4) is 0 Å². The summed E-state index contributed by atoms with van der Waals surface area (Å²) in [6.45, 7) is 0. The van der Waals surface area contributed by atoms with Gasteiger partial charge in [-0.2, -0.15) is 0 Å². The lowest BCUT2D eigenvalue weighted by Crippen LogP contribution is -2.21. The maximum absolute atomic E-state index is 11.9. The van der Waals surface area contributed by atoms with Gasteiger partial charge in [0.05, 0.1) is 16.2 Å². The first-order chi connectivity index (χ1) is 10.9. The summed E-state index contributed by atoms with van der Waals surface area (Å²) in [4.78, 5) is 33.0. The van der Waals surface area contributed by atoms with Crippen molar-refractivity contribution in [2.45, 2.75) is 0 Å². The lowest BCUT2D eigenvalue weighted by atomic mass is 10.1. The van der Waals surface area contributed by atoms with Crippen molar-refractivity contribution < 1.29 is 19.6 Å². The Kier molecular flexibility index (Phi) is 4.77. The van der Waals surface area contributed by atoms with Gasteiger partial charge < -0.3 is 15.7 Å². The van der Waals surface area contributed by atoms with Crippen molar-refractivity contribution in [3.63, 3.8) is 0 Å². The van der Waals surface area contributed by atoms with E-state index in [1.54, 1.807) is 18.2 Å². The molecule has 3 N–H and O–H groups in total. The van der Waals surface area contributed by atoms with E-state index in [0.29, 0.717) is 10.7 Å². The van der Waals surface area contributed by atoms with Crippen LogP contribution in [-0.4, -0.2) is 22.0 Å². The number of urea groups is 1. The summed E-state index contributed by atoms with van der Waals surface area (Å²) in [6.07, 6.45) is 0. The predicted molar refractivity (Wildman–Crippen MR) is 84.1 cm³/mol. The number of rotatable bonds is 4. The molecule has 23 heavy (non-hydrogen) atoms. The molecule has 0 radical (unpaired) electrons. The summed E-state index contributed by atoms with van der Waals surface area (Å²) < 4.78 is 0. The molecule has 0 aliphatic rings. The molecule has 0 bridgehead atoms. The van der Waals surface area contributed by atoms with Crippen LogP contribution in [0.4, 0.5) is 21.9 Å². The van der Waals surface area contributed by atoms with E-state index in [9.17, 15) is 19.7 Å². The van der Waals surface area contributed by atoms with Crippen molar-refractivity contribution in [1.82, 2.24) is 0 Å². The molecule has 0 unspecified atom stereocenters. The fourth-order valence-corrected chi connectivity index (χ4v) is 1.97. The summed E-state index contributed by atoms with van der Waals surface area (Å²) in [5.74, 6) is -1.40. The van der Waals surface area contributed by atoms with Gasteiger partial charge in [0.15, 0.2) is 0 Å². The smallest absolute Gasteiger partial charge is 0.338 e. The fourth-order valence-electron chi connectivity index (χ4n) is 1.78. The molecule has 9 heteroatoms. The molecule has 0 fully saturated rings. The lowest BCUT2D eigenvalue weighted by molar-refractivity contribution is -0.384. The van der Waals surface area contributed by atoms with Crippen molar-refractivity contribution in [3.05, 3.63) is 63.2 Å². The Morgan fingerprint density at radius 1 is 1.13 bits per heavy atom. The Morgan fingerprint density at radius 3 is 2.48 bits per heavy atom. The fraction of sp³-hybridized carbons (Fsp3) is 0. The van der Waals surface area contributed by atoms with Crippen molar-refractivity contribution in [1.29, 1.82) is 0 Å². The van der Waals surface area contributed by atoms with Gasteiger partial charge in [0.25, 0.3) is 5.69 Å². The van der Waals surface area contributed by atoms with Crippen LogP contribution in [0.25, 0.3) is 0 Å². The highest BCUT2D eigenvalue weighted by atomic mass is 35.5. The average Bonchev–Trinajstić information content (AvgIpc) is 2.47. The van der Waals surface area contributed by atoms with Crippen LogP contribution in [0.15, 0.2) is 42.5 Å². The Morgan fingerprint density at radius 2 is 1.87 bits per heavy atom. The van der Waals surface area contributed by atoms with Gasteiger partial charge in [-0.05, 0) is 24.3 Å². The number of hydrogen-bond acceptors (Lipinski definition) is 4. The Bertz CT molecular complexity index is 794. The van der Waals surface area contributed by atoms with Crippen molar-refractivity contribution >= 4 is 40.7 Å². The standard InChI is InChI=1S/C14H10ClN3O5/c15-8-2-1-3-9(6-8)16-14(21)17-12-5-4-10(18(22)23)7-11(12)13(19)20/h1-7H,(H,19,20)(H2,16,17,21). The van der Waals surface area contributed by atoms with E-state index in [-0.39, 0.29) is 16.9 Å². The van der Waals surface area contributed by atoms with Crippen molar-refractivity contribution in [2.75, 3.05) is 10.6 Å². The number of halogens is 1. The molecule has 8 nitrogen and oxygen atoms in total. The van der Waals surface area contributed by atoms with Gasteiger partial charge in [0, 0.05) is 22.8 Å². The number of nitrogens with zero attached hydrogens (tertiary/aromatic N) is 1. The van der Waals surface area contributed by atoms with E-state index in [1.807, 2.05) is 0 Å². The molecule has 0 aromatic heterocycles. The minimum atomic E-state index is -1.40. The van der Waals surface area contributed by atoms with Crippen LogP contribution in [0.2, 0.25) is 5.02 Å². The van der Waals surface area contributed by atoms with E-state index in [1.165, 1.54) is 6.07 Å². The molecule has 2 aromatic carbocycles. The van der Waals surface area contributed by atoms with Crippen molar-refractivity contribution in [2.24, 2.45) is 0 Å². The first-order valence-electron chi connectivity index (χ1n) is 6.22. The first-order valence-corrected chi connectivity index (χ1v) is 6.60. The molecule has 0 saturated carbocycles. The normalized spacial score (nSPS) is 9.96. The summed E-state index contributed by atoms with van der Waals surface area (Å²) in [6, 6.07) is 8.78. The number of nitro groups is 1. The lowest BCUT2D eigenvalue weighted by Gasteiger charge is -2.10. The third-order valence-electron chi connectivity index (χ3n) is 2.78. The van der Waals surface area contributed by atoms with E-state index in [4.69, 9.17) is 16.7 Å². The van der Waals surface area contributed by atoms with Crippen molar-refractivity contribution in [3.8, 4) is 0 Å². The van der Waals surface area contributed by atoms with E-state index >= 15 is 0 Å². The number of carbonyl (C=O) groups is 2. The van der Waals surface area contributed by atoms with Crippen LogP contribution >= 0.6 is 11.6 Å². The van der Waals surface area contributed by atoms with E-state index in [0.717, 1.165) is 18.2 Å². The summed E-state index contributed by atoms with van der Waals surface area (Å²) in [7, 11) is 0. The molecule has 118 valence electrons. The molecule has 0 aliphatic carbocycles. The van der Waals surface area contributed by atoms with Gasteiger partial charge in [0.1, 0.15) is 0 Å². The minimum absolute atomic E-state index is 0.0670. The number of carbonyl (C=O) groups excluding carboxylic acids is 1. The highest BCUT2D eigenvalue weighted by Gasteiger charge is 2.17. The van der Waals surface area contributed by atoms with Gasteiger partial charge in [-0.25, -0.2) is 9.59 Å². The summed E-state index contributed by atoms with van der Waals surface area (Å²) in [5.41, 5.74) is -0.431. The van der Waals surface area contributed by atoms with E-state index < -0.39 is 16.9 Å². The van der Waals surface area contributed by atoms with Gasteiger partial charge in [-0.1, -0.05) is 17.7 Å². The molecule has 0 aliphatic heterocycles. The number of nitro benzene ring substituents is 1. The van der Waals surface area contributed by atoms with Crippen LogP contribution in [0, 0.1) is 10.1 Å². The number of aromatic carboxylic acids is 1. The number of benzene rings is 2. The maximum atomic E-state index is 11.9. The molecule has 2 amide bonds. The Hall–Kier alpha value is -3.13. The molecule has 0 heterocycles. The number of anilines is 2. The monoisotopic (exact) mass is 335 g/mol. The quantitative estimate of drug-likeness (QED) is 0.582. The zero-order chi connectivity index (χ0) is 17.0. The SMILES string of the molecule is O=C(Nc1cccc(Cl)c1)Nc1ccc([N+](=O)[O-])cc1C(=O)O. The molecule has 0 spiro atoms. The first kappa shape index (κ1) is 16.2. The van der Waals surface area contributed by atoms with Crippen LogP contribution < -0.4 is 10.6 Å². The number of hydrogen-bond donors (Lipinski definition) is 3. The zero-order valence-corrected chi connectivity index (χ0v) is 12.2. The number of non-ortho nitro benzene ring substituents is 1. The second-order valence-corrected chi connectivity index (χ2v) is 4.82. The van der Waals surface area contributed by atoms with Gasteiger partial charge in [-0.3, -0.25) is 10.1 Å². The molecular formula is C14H10ClN3O5. The maximum Gasteiger partial charge on any atom is 0.338 e. The van der Waals surface area contributed by atoms with Crippen LogP contribution in [0.1, 0.15) is 10.4 Å². The molecule has 0 atom stereocenters. The number of nitrogens with one attached hydrogen (secondary N) is 2. The highest BCUT2D eigenvalue weighted by molar-refractivity contribution is 6.30. The third-order valence-corrected chi connectivity index (χ3v) is 3.01. The van der Waals surface area contributed by atoms with Gasteiger partial charge >= 0.3 is 12.0 Å². The Labute approximate surface area is 134 Å². The third kappa shape index (κ3) is 4.17. The highest BCUT2D eigenvalue weighted by Crippen LogP contribution is 2.23. The number of carboxylic acids is 1. The number of amides is 2. The zero-order valence-electron chi connectivity index (χ0n) is 11.4. The average molecular weight is 336 g/mol. The molecule has 2 aromatic rings. The largest absolute Gasteiger partial charge is 0.478 e. The van der Waals surface area contributed by atoms with Crippen LogP contribution in [0.5, 0.6) is 0 Å². The molecule has 2 rings (SSSR count). The van der Waals surface area contributed by atoms with Gasteiger partial charge in [-0.15, -0.1) is 0 Å². The van der Waals surface area contributed by atoms with Gasteiger partial charge in [0.2, 0.25) is 0 Å².